The van der Waals surface area contributed by atoms with E-state index < -0.39 is 12.1 Å². The second-order valence-electron chi connectivity index (χ2n) is 10.8. The lowest BCUT2D eigenvalue weighted by atomic mass is 9.73. The number of Topliss-reactive ketones (excluding diaryl/α,β-unsaturated/α-hetero) is 1. The van der Waals surface area contributed by atoms with Crippen LogP contribution in [0.3, 0.4) is 0 Å². The number of rotatable bonds is 6. The summed E-state index contributed by atoms with van der Waals surface area (Å²) in [4.78, 5) is 53.6. The number of imide groups is 1. The maximum absolute atomic E-state index is 13.5. The highest BCUT2D eigenvalue weighted by Crippen LogP contribution is 2.61. The molecule has 2 amide bonds. The summed E-state index contributed by atoms with van der Waals surface area (Å²) >= 11 is 0. The number of ketones is 1. The highest BCUT2D eigenvalue weighted by molar-refractivity contribution is 6.22. The van der Waals surface area contributed by atoms with Crippen molar-refractivity contribution in [2.75, 3.05) is 4.90 Å². The van der Waals surface area contributed by atoms with E-state index in [4.69, 9.17) is 4.74 Å². The Morgan fingerprint density at radius 2 is 1.45 bits per heavy atom. The van der Waals surface area contributed by atoms with E-state index in [1.165, 1.54) is 22.6 Å². The summed E-state index contributed by atoms with van der Waals surface area (Å²) in [5.74, 6) is -1.03. The van der Waals surface area contributed by atoms with Crippen molar-refractivity contribution in [2.24, 2.45) is 23.7 Å². The summed E-state index contributed by atoms with van der Waals surface area (Å²) < 4.78 is 5.41. The van der Waals surface area contributed by atoms with Gasteiger partial charge in [0.15, 0.2) is 6.10 Å². The molecule has 2 bridgehead atoms. The zero-order valence-corrected chi connectivity index (χ0v) is 21.4. The molecule has 6 atom stereocenters. The van der Waals surface area contributed by atoms with Crippen molar-refractivity contribution in [1.29, 1.82) is 0 Å². The van der Waals surface area contributed by atoms with Crippen LogP contribution in [0, 0.1) is 30.6 Å². The Kier molecular flexibility index (Phi) is 5.98. The van der Waals surface area contributed by atoms with Crippen molar-refractivity contribution in [3.8, 4) is 0 Å². The number of ether oxygens (including phenoxy) is 1. The third-order valence-corrected chi connectivity index (χ3v) is 8.59. The van der Waals surface area contributed by atoms with Crippen LogP contribution in [0.5, 0.6) is 0 Å². The first-order valence-electron chi connectivity index (χ1n) is 13.2. The van der Waals surface area contributed by atoms with Gasteiger partial charge in [-0.2, -0.15) is 0 Å². The maximum atomic E-state index is 13.5. The second-order valence-corrected chi connectivity index (χ2v) is 10.8. The number of aryl methyl sites for hydroxylation is 1. The Bertz CT molecular complexity index is 1410. The van der Waals surface area contributed by atoms with Crippen LogP contribution >= 0.6 is 0 Å². The molecular formula is C32H29NO5. The van der Waals surface area contributed by atoms with E-state index in [2.05, 4.69) is 12.1 Å². The van der Waals surface area contributed by atoms with Crippen molar-refractivity contribution >= 4 is 29.3 Å². The molecule has 6 heteroatoms. The van der Waals surface area contributed by atoms with Crippen LogP contribution < -0.4 is 4.90 Å². The smallest absolute Gasteiger partial charge is 0.338 e. The molecule has 192 valence electrons. The molecule has 0 spiro atoms. The molecule has 3 aliphatic rings. The largest absolute Gasteiger partial charge is 0.451 e. The number of hydrogen-bond donors (Lipinski definition) is 0. The Labute approximate surface area is 221 Å². The quantitative estimate of drug-likeness (QED) is 0.255. The lowest BCUT2D eigenvalue weighted by molar-refractivity contribution is -0.123. The zero-order valence-electron chi connectivity index (χ0n) is 21.4. The van der Waals surface area contributed by atoms with Gasteiger partial charge < -0.3 is 4.74 Å². The molecule has 3 aromatic carbocycles. The lowest BCUT2D eigenvalue weighted by Gasteiger charge is -2.28. The molecule has 0 N–H and O–H groups in total. The highest BCUT2D eigenvalue weighted by Gasteiger charge is 2.64. The fourth-order valence-electron chi connectivity index (χ4n) is 6.78. The van der Waals surface area contributed by atoms with Crippen molar-refractivity contribution in [2.45, 2.75) is 38.7 Å². The summed E-state index contributed by atoms with van der Waals surface area (Å²) in [7, 11) is 0. The van der Waals surface area contributed by atoms with E-state index in [1.54, 1.807) is 31.2 Å². The van der Waals surface area contributed by atoms with Crippen LogP contribution in [0.25, 0.3) is 0 Å². The van der Waals surface area contributed by atoms with E-state index in [0.717, 1.165) is 18.4 Å². The predicted molar refractivity (Wildman–Crippen MR) is 142 cm³/mol. The number of benzene rings is 3. The fraction of sp³-hybridized carbons (Fsp3) is 0.312. The van der Waals surface area contributed by atoms with Crippen LogP contribution in [0.2, 0.25) is 0 Å². The van der Waals surface area contributed by atoms with E-state index in [-0.39, 0.29) is 46.8 Å². The molecule has 0 unspecified atom stereocenters. The van der Waals surface area contributed by atoms with Gasteiger partial charge in [-0.25, -0.2) is 4.79 Å². The molecule has 1 heterocycles. The number of esters is 1. The first-order valence-corrected chi connectivity index (χ1v) is 13.2. The van der Waals surface area contributed by atoms with Crippen LogP contribution in [-0.4, -0.2) is 29.7 Å². The van der Waals surface area contributed by atoms with Crippen molar-refractivity contribution in [1.82, 2.24) is 0 Å². The number of amides is 2. The Balaban J connectivity index is 1.15. The van der Waals surface area contributed by atoms with Crippen LogP contribution in [-0.2, 0) is 14.3 Å². The van der Waals surface area contributed by atoms with E-state index in [1.807, 2.05) is 37.3 Å². The molecule has 0 radical (unpaired) electrons. The van der Waals surface area contributed by atoms with Gasteiger partial charge in [-0.15, -0.1) is 0 Å². The van der Waals surface area contributed by atoms with E-state index in [9.17, 15) is 19.2 Å². The zero-order chi connectivity index (χ0) is 26.6. The average molecular weight is 508 g/mol. The van der Waals surface area contributed by atoms with Gasteiger partial charge in [0.05, 0.1) is 23.1 Å². The summed E-state index contributed by atoms with van der Waals surface area (Å²) in [6.45, 7) is 3.48. The monoisotopic (exact) mass is 507 g/mol. The van der Waals surface area contributed by atoms with Gasteiger partial charge in [0.2, 0.25) is 17.6 Å². The van der Waals surface area contributed by atoms with E-state index in [0.29, 0.717) is 17.2 Å². The molecule has 3 fully saturated rings. The first kappa shape index (κ1) is 24.3. The van der Waals surface area contributed by atoms with Crippen molar-refractivity contribution in [3.63, 3.8) is 0 Å². The minimum atomic E-state index is -0.945. The Hall–Kier alpha value is -4.06. The first-order chi connectivity index (χ1) is 18.3. The van der Waals surface area contributed by atoms with Gasteiger partial charge in [0, 0.05) is 5.56 Å². The van der Waals surface area contributed by atoms with E-state index >= 15 is 0 Å². The predicted octanol–water partition coefficient (Wildman–Crippen LogP) is 5.35. The number of fused-ring (bicyclic) bond motifs is 5. The minimum absolute atomic E-state index is 0.133. The Morgan fingerprint density at radius 1 is 0.816 bits per heavy atom. The summed E-state index contributed by atoms with van der Waals surface area (Å²) in [5, 5.41) is 0. The molecule has 2 aliphatic carbocycles. The Morgan fingerprint density at radius 3 is 2.13 bits per heavy atom. The third-order valence-electron chi connectivity index (χ3n) is 8.59. The van der Waals surface area contributed by atoms with Gasteiger partial charge in [-0.3, -0.25) is 19.3 Å². The van der Waals surface area contributed by atoms with Crippen molar-refractivity contribution < 1.29 is 23.9 Å². The van der Waals surface area contributed by atoms with Crippen LogP contribution in [0.15, 0.2) is 78.9 Å². The molecule has 2 saturated carbocycles. The fourth-order valence-corrected chi connectivity index (χ4v) is 6.78. The van der Waals surface area contributed by atoms with Crippen molar-refractivity contribution in [3.05, 3.63) is 101 Å². The maximum Gasteiger partial charge on any atom is 0.338 e. The molecule has 38 heavy (non-hydrogen) atoms. The number of anilines is 1. The molecule has 0 aromatic heterocycles. The second kappa shape index (κ2) is 9.35. The topological polar surface area (TPSA) is 80.8 Å². The van der Waals surface area contributed by atoms with Gasteiger partial charge in [-0.1, -0.05) is 60.2 Å². The molecule has 6 nitrogen and oxygen atoms in total. The molecule has 3 aromatic rings. The third kappa shape index (κ3) is 3.95. The van der Waals surface area contributed by atoms with Gasteiger partial charge >= 0.3 is 5.97 Å². The highest BCUT2D eigenvalue weighted by atomic mass is 16.5. The number of hydrogen-bond acceptors (Lipinski definition) is 5. The van der Waals surface area contributed by atoms with Gasteiger partial charge in [-0.05, 0) is 74.3 Å². The summed E-state index contributed by atoms with van der Waals surface area (Å²) in [6, 6.07) is 23.7. The average Bonchev–Trinajstić information content (AvgIpc) is 3.60. The summed E-state index contributed by atoms with van der Waals surface area (Å²) in [6.07, 6.45) is 0.913. The standard InChI is InChI=1S/C32H29NO5/c1-18-8-10-21(11-9-18)29(34)19(2)38-32(37)22-12-14-24(15-13-22)33-30(35)27-23-16-25(20-6-4-3-5-7-20)26(17-23)28(27)31(33)36/h3-15,19,23,25-28H,16-17H2,1-2H3/t19-,23-,25+,26+,27+,28+/m0/s1. The molecule has 1 aliphatic heterocycles. The lowest BCUT2D eigenvalue weighted by Crippen LogP contribution is -2.33. The molecule has 6 rings (SSSR count). The van der Waals surface area contributed by atoms with Gasteiger partial charge in [0.1, 0.15) is 0 Å². The van der Waals surface area contributed by atoms with Crippen LogP contribution in [0.4, 0.5) is 5.69 Å². The summed E-state index contributed by atoms with van der Waals surface area (Å²) in [5.41, 5.74) is 3.47. The van der Waals surface area contributed by atoms with Gasteiger partial charge in [0.25, 0.3) is 0 Å². The molecular weight excluding hydrogens is 478 g/mol. The molecule has 1 saturated heterocycles. The van der Waals surface area contributed by atoms with Crippen LogP contribution in [0.1, 0.15) is 57.5 Å². The normalized spacial score (nSPS) is 26.4. The number of carbonyl (C=O) groups is 4. The SMILES string of the molecule is Cc1ccc(C(=O)[C@H](C)OC(=O)c2ccc(N3C(=O)[C@@H]4[C@@H]5C[C@@H]([C@H]4C3=O)[C@@H](c3ccccc3)C5)cc2)cc1. The number of carbonyl (C=O) groups excluding carboxylic acids is 4. The minimum Gasteiger partial charge on any atom is -0.451 e. The number of nitrogens with zero attached hydrogens (tertiary/aromatic N) is 1.